The van der Waals surface area contributed by atoms with Gasteiger partial charge in [-0.25, -0.2) is 0 Å². The SMILES string of the molecule is CC1(C)c2ccccc2-c2ccc(N(C3=CC=C(c4ccccc4)CC3)c3ccc4c(c3)oc3c(-c5ccc6ccccc6c5)c5c(cc34)oc3ccccc35)cc21. The second-order valence-corrected chi connectivity index (χ2v) is 16.4. The van der Waals surface area contributed by atoms with E-state index in [-0.39, 0.29) is 5.41 Å². The molecule has 0 radical (unpaired) electrons. The van der Waals surface area contributed by atoms with Gasteiger partial charge in [-0.15, -0.1) is 0 Å². The molecule has 3 nitrogen and oxygen atoms in total. The molecule has 0 bridgehead atoms. The standard InChI is InChI=1S/C55H39NO2/c1-55(2)47-18-10-8-16-42(47)43-28-26-40(31-48(43)55)56(39-24-22-36(23-25-39)34-12-4-3-5-13-34)41-27-29-44-46-33-51-53(45-17-9-11-19-49(45)57-51)52(54(46)58-50(44)32-41)38-21-20-35-14-6-7-15-37(35)30-38/h3-22,24,26-33H,23,25H2,1-2H3. The average molecular weight is 746 g/mol. The van der Waals surface area contributed by atoms with Crippen molar-refractivity contribution < 1.29 is 8.83 Å². The van der Waals surface area contributed by atoms with E-state index in [1.165, 1.54) is 49.9 Å². The molecule has 0 saturated carbocycles. The van der Waals surface area contributed by atoms with Crippen LogP contribution < -0.4 is 4.90 Å². The number of rotatable bonds is 5. The second-order valence-electron chi connectivity index (χ2n) is 16.4. The van der Waals surface area contributed by atoms with Gasteiger partial charge in [-0.05, 0) is 111 Å². The maximum atomic E-state index is 7.12. The molecule has 2 heterocycles. The largest absolute Gasteiger partial charge is 0.456 e. The average Bonchev–Trinajstić information content (AvgIpc) is 3.90. The lowest BCUT2D eigenvalue weighted by molar-refractivity contribution is 0.660. The molecule has 3 heteroatoms. The normalized spacial score (nSPS) is 14.6. The zero-order chi connectivity index (χ0) is 38.5. The molecule has 0 saturated heterocycles. The molecule has 0 amide bonds. The number of nitrogens with zero attached hydrogens (tertiary/aromatic N) is 1. The molecule has 0 fully saturated rings. The summed E-state index contributed by atoms with van der Waals surface area (Å²) in [5.74, 6) is 0. The number of hydrogen-bond acceptors (Lipinski definition) is 3. The van der Waals surface area contributed by atoms with E-state index in [2.05, 4.69) is 189 Å². The molecular formula is C55H39NO2. The van der Waals surface area contributed by atoms with E-state index in [0.717, 1.165) is 79.2 Å². The molecule has 8 aromatic carbocycles. The van der Waals surface area contributed by atoms with E-state index in [0.29, 0.717) is 0 Å². The highest BCUT2D eigenvalue weighted by molar-refractivity contribution is 6.24. The lowest BCUT2D eigenvalue weighted by Crippen LogP contribution is -2.20. The van der Waals surface area contributed by atoms with Gasteiger partial charge in [-0.3, -0.25) is 0 Å². The van der Waals surface area contributed by atoms with Gasteiger partial charge in [0.05, 0.1) is 0 Å². The van der Waals surface area contributed by atoms with Gasteiger partial charge in [0.2, 0.25) is 0 Å². The van der Waals surface area contributed by atoms with Crippen LogP contribution in [0.15, 0.2) is 190 Å². The van der Waals surface area contributed by atoms with Crippen molar-refractivity contribution in [2.45, 2.75) is 32.1 Å². The minimum Gasteiger partial charge on any atom is -0.456 e. The molecule has 12 rings (SSSR count). The predicted octanol–water partition coefficient (Wildman–Crippen LogP) is 15.5. The molecular weight excluding hydrogens is 707 g/mol. The van der Waals surface area contributed by atoms with Crippen LogP contribution in [0.5, 0.6) is 0 Å². The van der Waals surface area contributed by atoms with Gasteiger partial charge < -0.3 is 13.7 Å². The first-order chi connectivity index (χ1) is 28.5. The van der Waals surface area contributed by atoms with Crippen molar-refractivity contribution in [2.75, 3.05) is 4.90 Å². The Hall–Kier alpha value is -7.10. The zero-order valence-corrected chi connectivity index (χ0v) is 32.4. The van der Waals surface area contributed by atoms with Gasteiger partial charge in [-0.1, -0.05) is 135 Å². The summed E-state index contributed by atoms with van der Waals surface area (Å²) >= 11 is 0. The van der Waals surface area contributed by atoms with Gasteiger partial charge in [-0.2, -0.15) is 0 Å². The van der Waals surface area contributed by atoms with Crippen LogP contribution in [-0.4, -0.2) is 0 Å². The van der Waals surface area contributed by atoms with Crippen LogP contribution in [0.25, 0.3) is 82.5 Å². The van der Waals surface area contributed by atoms with Crippen molar-refractivity contribution in [3.05, 3.63) is 198 Å². The van der Waals surface area contributed by atoms with Gasteiger partial charge in [0.25, 0.3) is 0 Å². The van der Waals surface area contributed by atoms with Crippen LogP contribution in [-0.2, 0) is 5.41 Å². The first-order valence-electron chi connectivity index (χ1n) is 20.3. The maximum Gasteiger partial charge on any atom is 0.144 e. The number of furan rings is 2. The molecule has 0 aliphatic heterocycles. The number of fused-ring (bicyclic) bond motifs is 10. The van der Waals surface area contributed by atoms with E-state index in [9.17, 15) is 0 Å². The van der Waals surface area contributed by atoms with Crippen LogP contribution in [0.1, 0.15) is 43.4 Å². The first kappa shape index (κ1) is 33.1. The minimum atomic E-state index is -0.113. The summed E-state index contributed by atoms with van der Waals surface area (Å²) in [7, 11) is 0. The van der Waals surface area contributed by atoms with Crippen molar-refractivity contribution in [1.29, 1.82) is 0 Å². The third kappa shape index (κ3) is 4.93. The summed E-state index contributed by atoms with van der Waals surface area (Å²) in [4.78, 5) is 2.45. The van der Waals surface area contributed by atoms with Crippen LogP contribution in [0.2, 0.25) is 0 Å². The number of allylic oxidation sites excluding steroid dienone is 4. The van der Waals surface area contributed by atoms with E-state index >= 15 is 0 Å². The Kier molecular flexibility index (Phi) is 7.10. The Balaban J connectivity index is 1.07. The highest BCUT2D eigenvalue weighted by atomic mass is 16.3. The molecule has 276 valence electrons. The smallest absolute Gasteiger partial charge is 0.144 e. The molecule has 58 heavy (non-hydrogen) atoms. The molecule has 0 spiro atoms. The Morgan fingerprint density at radius 1 is 0.483 bits per heavy atom. The summed E-state index contributed by atoms with van der Waals surface area (Å²) in [6.07, 6.45) is 6.50. The summed E-state index contributed by atoms with van der Waals surface area (Å²) in [5.41, 5.74) is 17.0. The van der Waals surface area contributed by atoms with Crippen molar-refractivity contribution in [3.63, 3.8) is 0 Å². The molecule has 2 aliphatic carbocycles. The van der Waals surface area contributed by atoms with Crippen LogP contribution >= 0.6 is 0 Å². The third-order valence-electron chi connectivity index (χ3n) is 12.8. The fraction of sp³-hybridized carbons (Fsp3) is 0.0909. The minimum absolute atomic E-state index is 0.113. The lowest BCUT2D eigenvalue weighted by Gasteiger charge is -2.31. The van der Waals surface area contributed by atoms with E-state index in [1.54, 1.807) is 0 Å². The Morgan fingerprint density at radius 2 is 1.24 bits per heavy atom. The molecule has 2 aliphatic rings. The van der Waals surface area contributed by atoms with Gasteiger partial charge in [0.1, 0.15) is 22.3 Å². The zero-order valence-electron chi connectivity index (χ0n) is 32.4. The van der Waals surface area contributed by atoms with Crippen molar-refractivity contribution in [3.8, 4) is 22.3 Å². The molecule has 0 unspecified atom stereocenters. The number of anilines is 2. The van der Waals surface area contributed by atoms with Crippen LogP contribution in [0, 0.1) is 0 Å². The predicted molar refractivity (Wildman–Crippen MR) is 242 cm³/mol. The van der Waals surface area contributed by atoms with Crippen molar-refractivity contribution in [2.24, 2.45) is 0 Å². The third-order valence-corrected chi connectivity index (χ3v) is 12.8. The Labute approximate surface area is 336 Å². The molecule has 10 aromatic rings. The fourth-order valence-corrected chi connectivity index (χ4v) is 9.88. The number of para-hydroxylation sites is 1. The molecule has 0 N–H and O–H groups in total. The van der Waals surface area contributed by atoms with E-state index < -0.39 is 0 Å². The Morgan fingerprint density at radius 3 is 2.12 bits per heavy atom. The van der Waals surface area contributed by atoms with Gasteiger partial charge in [0.15, 0.2) is 0 Å². The van der Waals surface area contributed by atoms with Crippen molar-refractivity contribution >= 4 is 71.6 Å². The maximum absolute atomic E-state index is 7.12. The summed E-state index contributed by atoms with van der Waals surface area (Å²) < 4.78 is 13.7. The summed E-state index contributed by atoms with van der Waals surface area (Å²) in [6.45, 7) is 4.71. The highest BCUT2D eigenvalue weighted by Gasteiger charge is 2.36. The second kappa shape index (κ2) is 12.4. The number of benzene rings is 8. The van der Waals surface area contributed by atoms with Crippen LogP contribution in [0.3, 0.4) is 0 Å². The topological polar surface area (TPSA) is 29.5 Å². The number of hydrogen-bond donors (Lipinski definition) is 0. The van der Waals surface area contributed by atoms with E-state index in [1.807, 2.05) is 6.07 Å². The fourth-order valence-electron chi connectivity index (χ4n) is 9.88. The van der Waals surface area contributed by atoms with Gasteiger partial charge >= 0.3 is 0 Å². The Bertz CT molecular complexity index is 3370. The van der Waals surface area contributed by atoms with Crippen molar-refractivity contribution in [1.82, 2.24) is 0 Å². The monoisotopic (exact) mass is 745 g/mol. The first-order valence-corrected chi connectivity index (χ1v) is 20.3. The van der Waals surface area contributed by atoms with E-state index in [4.69, 9.17) is 8.83 Å². The molecule has 0 atom stereocenters. The highest BCUT2D eigenvalue weighted by Crippen LogP contribution is 2.51. The quantitative estimate of drug-likeness (QED) is 0.176. The van der Waals surface area contributed by atoms with Crippen LogP contribution in [0.4, 0.5) is 11.4 Å². The summed E-state index contributed by atoms with van der Waals surface area (Å²) in [5, 5.41) is 6.68. The lowest BCUT2D eigenvalue weighted by atomic mass is 9.82. The molecule has 2 aromatic heterocycles. The summed E-state index contributed by atoms with van der Waals surface area (Å²) in [6, 6.07) is 59.2. The van der Waals surface area contributed by atoms with Gasteiger partial charge in [0, 0.05) is 55.7 Å².